The van der Waals surface area contributed by atoms with Gasteiger partial charge in [0.2, 0.25) is 16.0 Å². The molecule has 2 aromatic heterocycles. The fraction of sp³-hybridized carbons (Fsp3) is 0.435. The number of anilines is 2. The SMILES string of the molecule is CC1CC(c2ncc(-c3nc(Nc4ccc(S(=O)(=O)N5CCCC5)cc4)ncc3F)[nH]2)CCO1. The predicted molar refractivity (Wildman–Crippen MR) is 125 cm³/mol. The lowest BCUT2D eigenvalue weighted by Crippen LogP contribution is -2.27. The molecule has 1 aromatic carbocycles. The van der Waals surface area contributed by atoms with E-state index in [1.54, 1.807) is 30.5 Å². The molecule has 2 aliphatic rings. The van der Waals surface area contributed by atoms with Crippen LogP contribution in [0.25, 0.3) is 11.4 Å². The Hall–Kier alpha value is -2.89. The molecule has 0 saturated carbocycles. The van der Waals surface area contributed by atoms with Gasteiger partial charge in [-0.15, -0.1) is 0 Å². The predicted octanol–water partition coefficient (Wildman–Crippen LogP) is 3.82. The van der Waals surface area contributed by atoms with Gasteiger partial charge in [-0.3, -0.25) is 0 Å². The number of hydrogen-bond donors (Lipinski definition) is 2. The molecular weight excluding hydrogens is 459 g/mol. The number of benzene rings is 1. The molecule has 0 aliphatic carbocycles. The van der Waals surface area contributed by atoms with Crippen LogP contribution < -0.4 is 5.32 Å². The minimum atomic E-state index is -3.48. The molecule has 9 nitrogen and oxygen atoms in total. The zero-order valence-corrected chi connectivity index (χ0v) is 19.7. The Morgan fingerprint density at radius 3 is 2.65 bits per heavy atom. The number of hydrogen-bond acceptors (Lipinski definition) is 7. The molecular formula is C23H27FN6O3S. The summed E-state index contributed by atoms with van der Waals surface area (Å²) in [5, 5.41) is 3.02. The third kappa shape index (κ3) is 4.68. The molecule has 2 unspecified atom stereocenters. The Bertz CT molecular complexity index is 1260. The van der Waals surface area contributed by atoms with E-state index in [4.69, 9.17) is 4.74 Å². The Morgan fingerprint density at radius 1 is 1.15 bits per heavy atom. The topological polar surface area (TPSA) is 113 Å². The van der Waals surface area contributed by atoms with Gasteiger partial charge in [0.15, 0.2) is 5.82 Å². The van der Waals surface area contributed by atoms with Crippen molar-refractivity contribution >= 4 is 21.7 Å². The van der Waals surface area contributed by atoms with E-state index in [1.165, 1.54) is 4.31 Å². The zero-order chi connectivity index (χ0) is 23.7. The summed E-state index contributed by atoms with van der Waals surface area (Å²) in [5.74, 6) is 0.665. The smallest absolute Gasteiger partial charge is 0.243 e. The van der Waals surface area contributed by atoms with E-state index in [0.29, 0.717) is 31.1 Å². The zero-order valence-electron chi connectivity index (χ0n) is 18.9. The van der Waals surface area contributed by atoms with Gasteiger partial charge in [0.05, 0.1) is 29.1 Å². The molecule has 0 bridgehead atoms. The van der Waals surface area contributed by atoms with Gasteiger partial charge in [0.1, 0.15) is 11.5 Å². The van der Waals surface area contributed by atoms with Crippen LogP contribution in [0, 0.1) is 5.82 Å². The fourth-order valence-corrected chi connectivity index (χ4v) is 5.96. The van der Waals surface area contributed by atoms with Gasteiger partial charge in [0.25, 0.3) is 0 Å². The van der Waals surface area contributed by atoms with Crippen LogP contribution in [-0.2, 0) is 14.8 Å². The molecule has 0 amide bonds. The Morgan fingerprint density at radius 2 is 1.91 bits per heavy atom. The highest BCUT2D eigenvalue weighted by Gasteiger charge is 2.27. The van der Waals surface area contributed by atoms with E-state index in [9.17, 15) is 12.8 Å². The quantitative estimate of drug-likeness (QED) is 0.545. The number of rotatable bonds is 6. The minimum absolute atomic E-state index is 0.115. The molecule has 2 atom stereocenters. The number of nitrogens with one attached hydrogen (secondary N) is 2. The van der Waals surface area contributed by atoms with E-state index < -0.39 is 15.8 Å². The van der Waals surface area contributed by atoms with Crippen molar-refractivity contribution in [3.8, 4) is 11.4 Å². The highest BCUT2D eigenvalue weighted by atomic mass is 32.2. The minimum Gasteiger partial charge on any atom is -0.378 e. The first-order chi connectivity index (χ1) is 16.4. The van der Waals surface area contributed by atoms with Crippen molar-refractivity contribution in [3.63, 3.8) is 0 Å². The molecule has 5 rings (SSSR count). The van der Waals surface area contributed by atoms with Gasteiger partial charge in [-0.05, 0) is 56.9 Å². The lowest BCUT2D eigenvalue weighted by atomic mass is 9.96. The van der Waals surface area contributed by atoms with E-state index in [-0.39, 0.29) is 28.6 Å². The van der Waals surface area contributed by atoms with Crippen LogP contribution in [0.1, 0.15) is 44.3 Å². The summed E-state index contributed by atoms with van der Waals surface area (Å²) in [6, 6.07) is 6.40. The second-order valence-corrected chi connectivity index (χ2v) is 10.7. The summed E-state index contributed by atoms with van der Waals surface area (Å²) >= 11 is 0. The lowest BCUT2D eigenvalue weighted by molar-refractivity contribution is 0.0174. The number of nitrogens with zero attached hydrogens (tertiary/aromatic N) is 4. The fourth-order valence-electron chi connectivity index (χ4n) is 4.44. The number of aromatic nitrogens is 4. The maximum absolute atomic E-state index is 14.5. The van der Waals surface area contributed by atoms with Crippen molar-refractivity contribution in [2.24, 2.45) is 0 Å². The van der Waals surface area contributed by atoms with Crippen LogP contribution in [0.3, 0.4) is 0 Å². The second-order valence-electron chi connectivity index (χ2n) is 8.74. The van der Waals surface area contributed by atoms with E-state index >= 15 is 0 Å². The van der Waals surface area contributed by atoms with Crippen molar-refractivity contribution in [1.82, 2.24) is 24.2 Å². The maximum Gasteiger partial charge on any atom is 0.243 e. The summed E-state index contributed by atoms with van der Waals surface area (Å²) in [6.45, 7) is 3.82. The summed E-state index contributed by atoms with van der Waals surface area (Å²) in [6.07, 6.45) is 6.34. The highest BCUT2D eigenvalue weighted by molar-refractivity contribution is 7.89. The summed E-state index contributed by atoms with van der Waals surface area (Å²) < 4.78 is 47.1. The molecule has 34 heavy (non-hydrogen) atoms. The molecule has 2 saturated heterocycles. The van der Waals surface area contributed by atoms with Crippen LogP contribution in [0.15, 0.2) is 41.6 Å². The van der Waals surface area contributed by atoms with Crippen LogP contribution in [0.5, 0.6) is 0 Å². The normalized spacial score (nSPS) is 21.6. The van der Waals surface area contributed by atoms with Crippen molar-refractivity contribution in [1.29, 1.82) is 0 Å². The Labute approximate surface area is 197 Å². The van der Waals surface area contributed by atoms with Crippen molar-refractivity contribution in [2.75, 3.05) is 25.0 Å². The standard InChI is InChI=1S/C23H27FN6O3S/c1-15-12-16(8-11-33-15)22-25-14-20(28-22)21-19(24)13-26-23(29-21)27-17-4-6-18(7-5-17)34(31,32)30-9-2-3-10-30/h4-7,13-16H,2-3,8-12H2,1H3,(H,25,28)(H,26,27,29). The number of aromatic amines is 1. The van der Waals surface area contributed by atoms with Crippen LogP contribution in [0.2, 0.25) is 0 Å². The summed E-state index contributed by atoms with van der Waals surface area (Å²) in [4.78, 5) is 16.3. The van der Waals surface area contributed by atoms with Crippen molar-refractivity contribution < 1.29 is 17.5 Å². The number of imidazole rings is 1. The van der Waals surface area contributed by atoms with Crippen LogP contribution >= 0.6 is 0 Å². The van der Waals surface area contributed by atoms with Gasteiger partial charge >= 0.3 is 0 Å². The molecule has 2 fully saturated rings. The lowest BCUT2D eigenvalue weighted by Gasteiger charge is -2.25. The molecule has 180 valence electrons. The number of ether oxygens (including phenoxy) is 1. The molecule has 2 N–H and O–H groups in total. The molecule has 0 spiro atoms. The third-order valence-electron chi connectivity index (χ3n) is 6.28. The first-order valence-corrected chi connectivity index (χ1v) is 12.9. The van der Waals surface area contributed by atoms with Crippen molar-refractivity contribution in [3.05, 3.63) is 48.3 Å². The van der Waals surface area contributed by atoms with Gasteiger partial charge in [0, 0.05) is 31.3 Å². The number of H-pyrrole nitrogens is 1. The van der Waals surface area contributed by atoms with Gasteiger partial charge in [-0.1, -0.05) is 0 Å². The second kappa shape index (κ2) is 9.40. The molecule has 0 radical (unpaired) electrons. The van der Waals surface area contributed by atoms with E-state index in [1.807, 2.05) is 6.92 Å². The molecule has 11 heteroatoms. The first kappa shape index (κ1) is 22.9. The average molecular weight is 487 g/mol. The summed E-state index contributed by atoms with van der Waals surface area (Å²) in [7, 11) is -3.48. The maximum atomic E-state index is 14.5. The Balaban J connectivity index is 1.32. The number of sulfonamides is 1. The average Bonchev–Trinajstić information content (AvgIpc) is 3.54. The summed E-state index contributed by atoms with van der Waals surface area (Å²) in [5.41, 5.74) is 1.19. The first-order valence-electron chi connectivity index (χ1n) is 11.5. The van der Waals surface area contributed by atoms with Crippen molar-refractivity contribution in [2.45, 2.75) is 49.5 Å². The largest absolute Gasteiger partial charge is 0.378 e. The van der Waals surface area contributed by atoms with Gasteiger partial charge < -0.3 is 15.0 Å². The van der Waals surface area contributed by atoms with Crippen LogP contribution in [-0.4, -0.2) is 58.5 Å². The van der Waals surface area contributed by atoms with E-state index in [0.717, 1.165) is 37.7 Å². The highest BCUT2D eigenvalue weighted by Crippen LogP contribution is 2.30. The van der Waals surface area contributed by atoms with E-state index in [2.05, 4.69) is 25.3 Å². The molecule has 4 heterocycles. The van der Waals surface area contributed by atoms with Crippen LogP contribution in [0.4, 0.5) is 16.0 Å². The monoisotopic (exact) mass is 486 g/mol. The molecule has 3 aromatic rings. The van der Waals surface area contributed by atoms with Gasteiger partial charge in [-0.2, -0.15) is 4.31 Å². The van der Waals surface area contributed by atoms with Gasteiger partial charge in [-0.25, -0.2) is 27.8 Å². The Kier molecular flexibility index (Phi) is 6.32. The molecule has 2 aliphatic heterocycles. The third-order valence-corrected chi connectivity index (χ3v) is 8.19. The number of halogens is 1.